The van der Waals surface area contributed by atoms with Crippen LogP contribution < -0.4 is 11.1 Å². The average molecular weight is 286 g/mol. The fraction of sp³-hybridized carbons (Fsp3) is 0.533. The molecule has 1 aliphatic rings. The van der Waals surface area contributed by atoms with Crippen molar-refractivity contribution in [2.75, 3.05) is 37.2 Å². The molecule has 112 valence electrons. The molecule has 6 nitrogen and oxygen atoms in total. The number of anilines is 2. The predicted octanol–water partition coefficient (Wildman–Crippen LogP) is 1.75. The summed E-state index contributed by atoms with van der Waals surface area (Å²) in [6, 6.07) is 3.70. The van der Waals surface area contributed by atoms with Crippen LogP contribution in [0.1, 0.15) is 19.8 Å². The number of likely N-dealkylation sites (tertiary alicyclic amines) is 1. The molecular weight excluding hydrogens is 264 g/mol. The predicted molar refractivity (Wildman–Crippen MR) is 85.1 cm³/mol. The third-order valence-corrected chi connectivity index (χ3v) is 3.98. The molecule has 21 heavy (non-hydrogen) atoms. The van der Waals surface area contributed by atoms with Gasteiger partial charge in [-0.15, -0.1) is 0 Å². The number of nitrogens with two attached hydrogens (primary N) is 1. The summed E-state index contributed by atoms with van der Waals surface area (Å²) >= 11 is 0. The molecule has 0 spiro atoms. The second kappa shape index (κ2) is 6.22. The van der Waals surface area contributed by atoms with Crippen molar-refractivity contribution >= 4 is 22.7 Å². The van der Waals surface area contributed by atoms with Gasteiger partial charge in [0.2, 0.25) is 0 Å². The Balaban J connectivity index is 1.63. The second-order valence-corrected chi connectivity index (χ2v) is 5.80. The molecule has 0 saturated carbocycles. The highest BCUT2D eigenvalue weighted by molar-refractivity contribution is 5.86. The molecule has 1 fully saturated rings. The van der Waals surface area contributed by atoms with Gasteiger partial charge in [0.1, 0.15) is 18.0 Å². The van der Waals surface area contributed by atoms with Gasteiger partial charge in [0.15, 0.2) is 5.65 Å². The fourth-order valence-electron chi connectivity index (χ4n) is 2.92. The highest BCUT2D eigenvalue weighted by atomic mass is 15.2. The number of nitrogen functional groups attached to an aromatic ring is 1. The summed E-state index contributed by atoms with van der Waals surface area (Å²) in [5, 5.41) is 4.31. The van der Waals surface area contributed by atoms with E-state index in [9.17, 15) is 0 Å². The number of nitrogens with one attached hydrogen (secondary N) is 1. The minimum Gasteiger partial charge on any atom is -0.384 e. The van der Waals surface area contributed by atoms with Gasteiger partial charge in [0.25, 0.3) is 0 Å². The molecule has 6 heteroatoms. The van der Waals surface area contributed by atoms with E-state index in [1.54, 1.807) is 6.07 Å². The lowest BCUT2D eigenvalue weighted by Crippen LogP contribution is -2.37. The van der Waals surface area contributed by atoms with E-state index in [-0.39, 0.29) is 0 Å². The molecule has 1 atom stereocenters. The van der Waals surface area contributed by atoms with Gasteiger partial charge >= 0.3 is 0 Å². The Morgan fingerprint density at radius 3 is 3.14 bits per heavy atom. The van der Waals surface area contributed by atoms with Crippen molar-refractivity contribution < 1.29 is 0 Å². The van der Waals surface area contributed by atoms with Crippen LogP contribution in [0.15, 0.2) is 18.5 Å². The van der Waals surface area contributed by atoms with Crippen LogP contribution in [-0.2, 0) is 0 Å². The van der Waals surface area contributed by atoms with Gasteiger partial charge in [-0.05, 0) is 37.4 Å². The molecule has 3 rings (SSSR count). The van der Waals surface area contributed by atoms with E-state index >= 15 is 0 Å². The fourth-order valence-corrected chi connectivity index (χ4v) is 2.92. The number of nitrogens with zero attached hydrogens (tertiary/aromatic N) is 4. The van der Waals surface area contributed by atoms with Crippen molar-refractivity contribution in [3.63, 3.8) is 0 Å². The van der Waals surface area contributed by atoms with E-state index in [4.69, 9.17) is 5.73 Å². The Labute approximate surface area is 124 Å². The average Bonchev–Trinajstić information content (AvgIpc) is 2.47. The van der Waals surface area contributed by atoms with Gasteiger partial charge in [-0.2, -0.15) is 0 Å². The quantitative estimate of drug-likeness (QED) is 0.891. The maximum absolute atomic E-state index is 5.69. The first-order chi connectivity index (χ1) is 10.2. The molecule has 0 aromatic carbocycles. The van der Waals surface area contributed by atoms with Gasteiger partial charge in [-0.1, -0.05) is 6.92 Å². The third-order valence-electron chi connectivity index (χ3n) is 3.98. The van der Waals surface area contributed by atoms with Crippen LogP contribution in [0.25, 0.3) is 11.0 Å². The second-order valence-electron chi connectivity index (χ2n) is 5.80. The van der Waals surface area contributed by atoms with Gasteiger partial charge in [-0.25, -0.2) is 15.0 Å². The lowest BCUT2D eigenvalue weighted by atomic mass is 10.0. The van der Waals surface area contributed by atoms with E-state index < -0.39 is 0 Å². The SMILES string of the molecule is CC1CCCN(CCNc2ncnc3nc(N)ccc23)C1. The molecule has 1 saturated heterocycles. The molecule has 3 N–H and O–H groups in total. The Morgan fingerprint density at radius 2 is 2.29 bits per heavy atom. The molecule has 1 unspecified atom stereocenters. The van der Waals surface area contributed by atoms with Gasteiger partial charge in [0.05, 0.1) is 5.39 Å². The lowest BCUT2D eigenvalue weighted by molar-refractivity contribution is 0.190. The molecule has 1 aliphatic heterocycles. The van der Waals surface area contributed by atoms with Crippen LogP contribution in [0.2, 0.25) is 0 Å². The van der Waals surface area contributed by atoms with Crippen molar-refractivity contribution in [3.05, 3.63) is 18.5 Å². The molecule has 2 aromatic rings. The summed E-state index contributed by atoms with van der Waals surface area (Å²) in [6.45, 7) is 6.65. The minimum absolute atomic E-state index is 0.481. The minimum atomic E-state index is 0.481. The third kappa shape index (κ3) is 3.39. The molecular formula is C15H22N6. The lowest BCUT2D eigenvalue weighted by Gasteiger charge is -2.30. The monoisotopic (exact) mass is 286 g/mol. The van der Waals surface area contributed by atoms with E-state index in [0.29, 0.717) is 11.5 Å². The number of fused-ring (bicyclic) bond motifs is 1. The summed E-state index contributed by atoms with van der Waals surface area (Å²) in [4.78, 5) is 15.2. The molecule has 3 heterocycles. The van der Waals surface area contributed by atoms with Gasteiger partial charge in [-0.3, -0.25) is 0 Å². The summed E-state index contributed by atoms with van der Waals surface area (Å²) in [5.74, 6) is 2.12. The zero-order valence-electron chi connectivity index (χ0n) is 12.4. The van der Waals surface area contributed by atoms with Crippen molar-refractivity contribution in [2.45, 2.75) is 19.8 Å². The smallest absolute Gasteiger partial charge is 0.166 e. The number of pyridine rings is 1. The summed E-state index contributed by atoms with van der Waals surface area (Å²) in [5.41, 5.74) is 6.32. The van der Waals surface area contributed by atoms with Crippen LogP contribution in [0, 0.1) is 5.92 Å². The van der Waals surface area contributed by atoms with Gasteiger partial charge in [0, 0.05) is 19.6 Å². The summed E-state index contributed by atoms with van der Waals surface area (Å²) in [7, 11) is 0. The molecule has 0 radical (unpaired) electrons. The largest absolute Gasteiger partial charge is 0.384 e. The first-order valence-corrected chi connectivity index (χ1v) is 7.56. The standard InChI is InChI=1S/C15H22N6/c1-11-3-2-7-21(9-11)8-6-17-14-12-4-5-13(16)20-15(12)19-10-18-14/h4-5,10-11H,2-3,6-9H2,1H3,(H3,16,17,18,19,20). The number of aromatic nitrogens is 3. The van der Waals surface area contributed by atoms with Crippen molar-refractivity contribution in [3.8, 4) is 0 Å². The van der Waals surface area contributed by atoms with Crippen molar-refractivity contribution in [1.29, 1.82) is 0 Å². The first kappa shape index (κ1) is 14.0. The van der Waals surface area contributed by atoms with Crippen LogP contribution in [0.5, 0.6) is 0 Å². The number of rotatable bonds is 4. The van der Waals surface area contributed by atoms with Crippen LogP contribution in [0.3, 0.4) is 0 Å². The van der Waals surface area contributed by atoms with Crippen LogP contribution in [-0.4, -0.2) is 46.0 Å². The van der Waals surface area contributed by atoms with Crippen LogP contribution >= 0.6 is 0 Å². The van der Waals surface area contributed by atoms with E-state index in [1.165, 1.54) is 32.3 Å². The number of piperidine rings is 1. The normalized spacial score (nSPS) is 19.8. The van der Waals surface area contributed by atoms with Crippen molar-refractivity contribution in [1.82, 2.24) is 19.9 Å². The molecule has 0 aliphatic carbocycles. The van der Waals surface area contributed by atoms with E-state index in [2.05, 4.69) is 32.1 Å². The topological polar surface area (TPSA) is 80.0 Å². The van der Waals surface area contributed by atoms with E-state index in [1.807, 2.05) is 6.07 Å². The zero-order valence-corrected chi connectivity index (χ0v) is 12.4. The summed E-state index contributed by atoms with van der Waals surface area (Å²) in [6.07, 6.45) is 4.19. The maximum Gasteiger partial charge on any atom is 0.166 e. The molecule has 0 bridgehead atoms. The number of hydrogen-bond acceptors (Lipinski definition) is 6. The highest BCUT2D eigenvalue weighted by Gasteiger charge is 2.15. The van der Waals surface area contributed by atoms with Crippen molar-refractivity contribution in [2.24, 2.45) is 5.92 Å². The Morgan fingerprint density at radius 1 is 1.38 bits per heavy atom. The number of hydrogen-bond donors (Lipinski definition) is 2. The van der Waals surface area contributed by atoms with E-state index in [0.717, 1.165) is 30.2 Å². The maximum atomic E-state index is 5.69. The van der Waals surface area contributed by atoms with Crippen LogP contribution in [0.4, 0.5) is 11.6 Å². The zero-order chi connectivity index (χ0) is 14.7. The Bertz CT molecular complexity index is 614. The Hall–Kier alpha value is -1.95. The Kier molecular flexibility index (Phi) is 4.15. The highest BCUT2D eigenvalue weighted by Crippen LogP contribution is 2.19. The molecule has 0 amide bonds. The van der Waals surface area contributed by atoms with Gasteiger partial charge < -0.3 is 16.0 Å². The first-order valence-electron chi connectivity index (χ1n) is 7.56. The summed E-state index contributed by atoms with van der Waals surface area (Å²) < 4.78 is 0. The molecule has 2 aromatic heterocycles.